The van der Waals surface area contributed by atoms with E-state index < -0.39 is 66.7 Å². The van der Waals surface area contributed by atoms with Gasteiger partial charge in [-0.25, -0.2) is 23.1 Å². The maximum atomic E-state index is 14.7. The zero-order chi connectivity index (χ0) is 29.7. The number of alkyl halides is 2. The number of carbonyl (C=O) groups excluding carboxylic acids is 2. The Morgan fingerprint density at radius 3 is 2.12 bits per heavy atom. The highest BCUT2D eigenvalue weighted by Gasteiger charge is 2.65. The maximum absolute atomic E-state index is 14.7. The van der Waals surface area contributed by atoms with E-state index in [0.717, 1.165) is 0 Å². The Morgan fingerprint density at radius 2 is 1.61 bits per heavy atom. The van der Waals surface area contributed by atoms with Gasteiger partial charge in [-0.3, -0.25) is 19.3 Å². The molecule has 220 valence electrons. The highest BCUT2D eigenvalue weighted by Crippen LogP contribution is 2.59. The van der Waals surface area contributed by atoms with E-state index in [1.807, 2.05) is 4.90 Å². The van der Waals surface area contributed by atoms with Gasteiger partial charge in [0, 0.05) is 39.0 Å². The second-order valence-corrected chi connectivity index (χ2v) is 11.8. The number of likely N-dealkylation sites (tertiary alicyclic amines) is 2. The lowest BCUT2D eigenvalue weighted by molar-refractivity contribution is -0.179. The van der Waals surface area contributed by atoms with Crippen LogP contribution in [0.1, 0.15) is 59.4 Å². The molecule has 1 saturated carbocycles. The molecule has 2 aromatic rings. The summed E-state index contributed by atoms with van der Waals surface area (Å²) in [6.45, 7) is 4.82. The van der Waals surface area contributed by atoms with Gasteiger partial charge in [0.1, 0.15) is 12.1 Å². The minimum atomic E-state index is -3.04. The van der Waals surface area contributed by atoms with Crippen LogP contribution in [0.4, 0.5) is 13.2 Å². The summed E-state index contributed by atoms with van der Waals surface area (Å²) in [6.07, 6.45) is -1.21. The van der Waals surface area contributed by atoms with Crippen LogP contribution in [0, 0.1) is 36.9 Å². The van der Waals surface area contributed by atoms with Crippen LogP contribution in [0.3, 0.4) is 0 Å². The summed E-state index contributed by atoms with van der Waals surface area (Å²) < 4.78 is 43.5. The molecule has 2 aliphatic heterocycles. The average Bonchev–Trinajstić information content (AvgIpc) is 3.47. The van der Waals surface area contributed by atoms with Gasteiger partial charge in [-0.15, -0.1) is 0 Å². The molecule has 3 atom stereocenters. The lowest BCUT2D eigenvalue weighted by Gasteiger charge is -2.55. The first-order valence-electron chi connectivity index (χ1n) is 13.8. The number of carboxylic acid groups (broad SMARTS) is 1. The van der Waals surface area contributed by atoms with Crippen molar-refractivity contribution in [2.24, 2.45) is 23.0 Å². The van der Waals surface area contributed by atoms with Crippen molar-refractivity contribution in [3.63, 3.8) is 0 Å². The van der Waals surface area contributed by atoms with Gasteiger partial charge in [0.25, 0.3) is 5.91 Å². The predicted octanol–water partition coefficient (Wildman–Crippen LogP) is 3.29. The van der Waals surface area contributed by atoms with Crippen LogP contribution in [-0.2, 0) is 15.1 Å². The van der Waals surface area contributed by atoms with E-state index in [1.165, 1.54) is 24.5 Å². The number of fused-ring (bicyclic) bond motifs is 1. The Bertz CT molecular complexity index is 1340. The number of nitrogens with two attached hydrogens (primary N) is 1. The van der Waals surface area contributed by atoms with Gasteiger partial charge in [-0.05, 0) is 56.2 Å². The van der Waals surface area contributed by atoms with Crippen molar-refractivity contribution in [2.75, 3.05) is 26.2 Å². The number of benzene rings is 1. The van der Waals surface area contributed by atoms with Gasteiger partial charge in [0.2, 0.25) is 11.8 Å². The van der Waals surface area contributed by atoms with Crippen molar-refractivity contribution < 1.29 is 32.7 Å². The van der Waals surface area contributed by atoms with Gasteiger partial charge in [0.05, 0.1) is 34.3 Å². The number of aliphatic carboxylic acids is 1. The maximum Gasteiger partial charge on any atom is 0.311 e. The van der Waals surface area contributed by atoms with Crippen molar-refractivity contribution in [2.45, 2.75) is 57.4 Å². The summed E-state index contributed by atoms with van der Waals surface area (Å²) in [7, 11) is 0. The molecule has 3 N–H and O–H groups in total. The second kappa shape index (κ2) is 10.4. The van der Waals surface area contributed by atoms with Crippen LogP contribution in [0.15, 0.2) is 30.6 Å². The minimum absolute atomic E-state index is 0.0825. The number of carbonyl (C=O) groups is 3. The Labute approximate surface area is 235 Å². The molecule has 12 heteroatoms. The summed E-state index contributed by atoms with van der Waals surface area (Å²) in [5.41, 5.74) is 4.08. The molecule has 0 radical (unpaired) electrons. The molecule has 0 bridgehead atoms. The number of rotatable bonds is 7. The highest BCUT2D eigenvalue weighted by atomic mass is 19.3. The largest absolute Gasteiger partial charge is 0.481 e. The Balaban J connectivity index is 1.54. The van der Waals surface area contributed by atoms with Crippen LogP contribution in [-0.4, -0.2) is 74.8 Å². The number of hydrogen-bond donors (Lipinski definition) is 2. The summed E-state index contributed by atoms with van der Waals surface area (Å²) in [5.74, 6) is -6.16. The Hall–Kier alpha value is -3.54. The normalized spacial score (nSPS) is 25.0. The molecule has 5 rings (SSSR count). The van der Waals surface area contributed by atoms with Crippen LogP contribution >= 0.6 is 0 Å². The summed E-state index contributed by atoms with van der Waals surface area (Å²) in [4.78, 5) is 51.1. The molecule has 3 fully saturated rings. The third-order valence-corrected chi connectivity index (χ3v) is 9.52. The van der Waals surface area contributed by atoms with E-state index in [9.17, 15) is 32.7 Å². The smallest absolute Gasteiger partial charge is 0.311 e. The molecule has 2 unspecified atom stereocenters. The van der Waals surface area contributed by atoms with Crippen molar-refractivity contribution >= 4 is 17.8 Å². The number of carboxylic acids is 1. The summed E-state index contributed by atoms with van der Waals surface area (Å²) in [6, 6.07) is 5.37. The van der Waals surface area contributed by atoms with Crippen LogP contribution in [0.2, 0.25) is 0 Å². The number of halogens is 3. The van der Waals surface area contributed by atoms with Gasteiger partial charge < -0.3 is 15.7 Å². The Kier molecular flexibility index (Phi) is 7.33. The zero-order valence-electron chi connectivity index (χ0n) is 23.1. The van der Waals surface area contributed by atoms with Gasteiger partial charge in [-0.2, -0.15) is 0 Å². The fourth-order valence-electron chi connectivity index (χ4n) is 7.52. The monoisotopic (exact) mass is 573 g/mol. The molecule has 9 nitrogen and oxygen atoms in total. The van der Waals surface area contributed by atoms with Crippen molar-refractivity contribution in [1.29, 1.82) is 0 Å². The molecule has 1 aromatic heterocycles. The van der Waals surface area contributed by atoms with E-state index in [0.29, 0.717) is 30.0 Å². The molecule has 1 aromatic carbocycles. The van der Waals surface area contributed by atoms with E-state index >= 15 is 0 Å². The lowest BCUT2D eigenvalue weighted by atomic mass is 9.56. The van der Waals surface area contributed by atoms with Crippen LogP contribution in [0.5, 0.6) is 0 Å². The van der Waals surface area contributed by atoms with Gasteiger partial charge >= 0.3 is 5.97 Å². The zero-order valence-corrected chi connectivity index (χ0v) is 23.1. The summed E-state index contributed by atoms with van der Waals surface area (Å²) in [5, 5.41) is 10.7. The van der Waals surface area contributed by atoms with Crippen LogP contribution in [0.25, 0.3) is 0 Å². The number of aromatic nitrogens is 2. The topological polar surface area (TPSA) is 130 Å². The molecule has 1 aliphatic carbocycles. The third-order valence-electron chi connectivity index (χ3n) is 9.52. The number of amides is 2. The molecular weight excluding hydrogens is 539 g/mol. The lowest BCUT2D eigenvalue weighted by Crippen LogP contribution is -2.63. The van der Waals surface area contributed by atoms with E-state index in [2.05, 4.69) is 9.97 Å². The molecule has 3 heterocycles. The van der Waals surface area contributed by atoms with Crippen LogP contribution < -0.4 is 5.73 Å². The third kappa shape index (κ3) is 4.85. The average molecular weight is 574 g/mol. The van der Waals surface area contributed by atoms with Crippen molar-refractivity contribution in [3.05, 3.63) is 58.9 Å². The van der Waals surface area contributed by atoms with E-state index in [-0.39, 0.29) is 36.4 Å². The Morgan fingerprint density at radius 1 is 1.02 bits per heavy atom. The first kappa shape index (κ1) is 29.0. The first-order valence-corrected chi connectivity index (χ1v) is 13.8. The second-order valence-electron chi connectivity index (χ2n) is 11.8. The fraction of sp³-hybridized carbons (Fsp3) is 0.552. The predicted molar refractivity (Wildman–Crippen MR) is 141 cm³/mol. The standard InChI is InChI=1S/C29H34F3N5O4/c1-17-24(18(2)35-16-34-17)25(39)36-12-19-14-37(15-20(19)13-36)29(11-23(33)38,21-4-3-5-22(30)10-21)27(26(40)41)6-8-28(31,32)9-7-27/h3-5,10,16,19-20H,6-9,11-15H2,1-2H3,(H2,33,38)(H,40,41)/t19?,20?,29-/m0/s1. The number of hydrogen-bond acceptors (Lipinski definition) is 6. The first-order chi connectivity index (χ1) is 19.3. The molecule has 0 spiro atoms. The highest BCUT2D eigenvalue weighted by molar-refractivity contribution is 5.96. The summed E-state index contributed by atoms with van der Waals surface area (Å²) >= 11 is 0. The molecule has 41 heavy (non-hydrogen) atoms. The quantitative estimate of drug-likeness (QED) is 0.520. The molecule has 2 saturated heterocycles. The van der Waals surface area contributed by atoms with Gasteiger partial charge in [-0.1, -0.05) is 12.1 Å². The van der Waals surface area contributed by atoms with Gasteiger partial charge in [0.15, 0.2) is 0 Å². The molecule has 2 amide bonds. The number of nitrogens with zero attached hydrogens (tertiary/aromatic N) is 4. The minimum Gasteiger partial charge on any atom is -0.481 e. The fourth-order valence-corrected chi connectivity index (χ4v) is 7.52. The van der Waals surface area contributed by atoms with Crippen molar-refractivity contribution in [3.8, 4) is 0 Å². The molecule has 3 aliphatic rings. The SMILES string of the molecule is Cc1ncnc(C)c1C(=O)N1CC2CN([C@@](CC(N)=O)(c3cccc(F)c3)C3(C(=O)O)CCC(F)(F)CC3)CC2C1. The van der Waals surface area contributed by atoms with E-state index in [1.54, 1.807) is 24.8 Å². The van der Waals surface area contributed by atoms with E-state index in [4.69, 9.17) is 5.73 Å². The molecular formula is C29H34F3N5O4. The number of primary amides is 1. The number of aryl methyl sites for hydroxylation is 2. The van der Waals surface area contributed by atoms with Crippen molar-refractivity contribution in [1.82, 2.24) is 19.8 Å².